The molecule has 0 aromatic rings. The van der Waals surface area contributed by atoms with Gasteiger partial charge in [-0.15, -0.1) is 0 Å². The summed E-state index contributed by atoms with van der Waals surface area (Å²) >= 11 is 0. The topological polar surface area (TPSA) is 29.3 Å². The Balaban J connectivity index is 1.97. The molecule has 2 nitrogen and oxygen atoms in total. The fourth-order valence-electron chi connectivity index (χ4n) is 3.53. The molecule has 2 N–H and O–H groups in total. The van der Waals surface area contributed by atoms with E-state index in [0.717, 1.165) is 12.6 Å². The number of rotatable bonds is 2. The molecule has 1 heterocycles. The van der Waals surface area contributed by atoms with Crippen LogP contribution in [-0.2, 0) is 0 Å². The highest BCUT2D eigenvalue weighted by molar-refractivity contribution is 4.91. The Kier molecular flexibility index (Phi) is 3.36. The molecule has 1 saturated carbocycles. The summed E-state index contributed by atoms with van der Waals surface area (Å²) in [5.74, 6) is 0. The van der Waals surface area contributed by atoms with Gasteiger partial charge in [-0.05, 0) is 44.1 Å². The van der Waals surface area contributed by atoms with Crippen LogP contribution in [0.3, 0.4) is 0 Å². The molecule has 2 heteroatoms. The fraction of sp³-hybridized carbons (Fsp3) is 1.00. The maximum atomic E-state index is 5.86. The molecule has 2 fully saturated rings. The minimum Gasteiger partial charge on any atom is -0.329 e. The first kappa shape index (κ1) is 11.4. The van der Waals surface area contributed by atoms with Crippen LogP contribution < -0.4 is 5.73 Å². The SMILES string of the molecule is CC1(C)CCCC(N2CCCC2CN)C1. The van der Waals surface area contributed by atoms with Gasteiger partial charge in [0.2, 0.25) is 0 Å². The highest BCUT2D eigenvalue weighted by Crippen LogP contribution is 2.39. The van der Waals surface area contributed by atoms with Crippen molar-refractivity contribution in [2.24, 2.45) is 11.1 Å². The van der Waals surface area contributed by atoms with Gasteiger partial charge >= 0.3 is 0 Å². The quantitative estimate of drug-likeness (QED) is 0.758. The van der Waals surface area contributed by atoms with Crippen molar-refractivity contribution >= 4 is 0 Å². The molecule has 15 heavy (non-hydrogen) atoms. The van der Waals surface area contributed by atoms with Crippen molar-refractivity contribution in [3.63, 3.8) is 0 Å². The van der Waals surface area contributed by atoms with Crippen molar-refractivity contribution in [2.75, 3.05) is 13.1 Å². The van der Waals surface area contributed by atoms with Crippen molar-refractivity contribution in [1.29, 1.82) is 0 Å². The van der Waals surface area contributed by atoms with Gasteiger partial charge < -0.3 is 5.73 Å². The number of hydrogen-bond donors (Lipinski definition) is 1. The average Bonchev–Trinajstić information content (AvgIpc) is 2.63. The first-order valence-electron chi connectivity index (χ1n) is 6.58. The van der Waals surface area contributed by atoms with E-state index in [-0.39, 0.29) is 0 Å². The van der Waals surface area contributed by atoms with Gasteiger partial charge in [0.15, 0.2) is 0 Å². The summed E-state index contributed by atoms with van der Waals surface area (Å²) in [6.45, 7) is 7.00. The first-order valence-corrected chi connectivity index (χ1v) is 6.58. The van der Waals surface area contributed by atoms with Gasteiger partial charge in [0.1, 0.15) is 0 Å². The summed E-state index contributed by atoms with van der Waals surface area (Å²) < 4.78 is 0. The first-order chi connectivity index (χ1) is 7.12. The van der Waals surface area contributed by atoms with Crippen LogP contribution in [0.2, 0.25) is 0 Å². The van der Waals surface area contributed by atoms with Gasteiger partial charge in [-0.25, -0.2) is 0 Å². The lowest BCUT2D eigenvalue weighted by atomic mass is 9.74. The Morgan fingerprint density at radius 2 is 2.07 bits per heavy atom. The summed E-state index contributed by atoms with van der Waals surface area (Å²) in [4.78, 5) is 2.71. The molecule has 0 aromatic heterocycles. The monoisotopic (exact) mass is 210 g/mol. The third-order valence-corrected chi connectivity index (χ3v) is 4.34. The molecule has 0 aromatic carbocycles. The summed E-state index contributed by atoms with van der Waals surface area (Å²) in [5.41, 5.74) is 6.42. The lowest BCUT2D eigenvalue weighted by Crippen LogP contribution is -2.46. The molecule has 2 rings (SSSR count). The highest BCUT2D eigenvalue weighted by Gasteiger charge is 2.35. The molecular formula is C13H26N2. The van der Waals surface area contributed by atoms with Crippen molar-refractivity contribution in [2.45, 2.75) is 64.5 Å². The van der Waals surface area contributed by atoms with Crippen molar-refractivity contribution in [1.82, 2.24) is 4.90 Å². The Labute approximate surface area is 94.2 Å². The predicted molar refractivity (Wildman–Crippen MR) is 64.8 cm³/mol. The molecule has 1 aliphatic carbocycles. The molecular weight excluding hydrogens is 184 g/mol. The van der Waals surface area contributed by atoms with Gasteiger partial charge in [0.05, 0.1) is 0 Å². The van der Waals surface area contributed by atoms with E-state index < -0.39 is 0 Å². The number of nitrogens with two attached hydrogens (primary N) is 1. The molecule has 0 amide bonds. The molecule has 1 saturated heterocycles. The van der Waals surface area contributed by atoms with E-state index in [1.165, 1.54) is 45.1 Å². The van der Waals surface area contributed by atoms with Gasteiger partial charge in [0.25, 0.3) is 0 Å². The largest absolute Gasteiger partial charge is 0.329 e. The maximum Gasteiger partial charge on any atom is 0.0221 e. The molecule has 2 atom stereocenters. The summed E-state index contributed by atoms with van der Waals surface area (Å²) in [5, 5.41) is 0. The van der Waals surface area contributed by atoms with Crippen molar-refractivity contribution < 1.29 is 0 Å². The zero-order valence-electron chi connectivity index (χ0n) is 10.3. The second-order valence-corrected chi connectivity index (χ2v) is 6.18. The van der Waals surface area contributed by atoms with Crippen LogP contribution in [0, 0.1) is 5.41 Å². The zero-order chi connectivity index (χ0) is 10.9. The lowest BCUT2D eigenvalue weighted by molar-refractivity contribution is 0.0872. The van der Waals surface area contributed by atoms with Crippen molar-refractivity contribution in [3.8, 4) is 0 Å². The molecule has 0 bridgehead atoms. The second kappa shape index (κ2) is 4.42. The van der Waals surface area contributed by atoms with E-state index in [1.807, 2.05) is 0 Å². The average molecular weight is 210 g/mol. The fourth-order valence-corrected chi connectivity index (χ4v) is 3.53. The van der Waals surface area contributed by atoms with Crippen LogP contribution in [0.25, 0.3) is 0 Å². The second-order valence-electron chi connectivity index (χ2n) is 6.18. The molecule has 0 spiro atoms. The van der Waals surface area contributed by atoms with E-state index in [2.05, 4.69) is 18.7 Å². The highest BCUT2D eigenvalue weighted by atomic mass is 15.2. The van der Waals surface area contributed by atoms with Crippen LogP contribution in [0.15, 0.2) is 0 Å². The van der Waals surface area contributed by atoms with Crippen LogP contribution in [-0.4, -0.2) is 30.1 Å². The Morgan fingerprint density at radius 3 is 2.73 bits per heavy atom. The van der Waals surface area contributed by atoms with E-state index in [9.17, 15) is 0 Å². The van der Waals surface area contributed by atoms with Gasteiger partial charge in [0, 0.05) is 18.6 Å². The minimum atomic E-state index is 0.560. The van der Waals surface area contributed by atoms with E-state index in [4.69, 9.17) is 5.73 Å². The third-order valence-electron chi connectivity index (χ3n) is 4.34. The molecule has 2 aliphatic rings. The number of nitrogens with zero attached hydrogens (tertiary/aromatic N) is 1. The Bertz CT molecular complexity index is 213. The summed E-state index contributed by atoms with van der Waals surface area (Å²) in [6.07, 6.45) is 8.28. The lowest BCUT2D eigenvalue weighted by Gasteiger charge is -2.42. The smallest absolute Gasteiger partial charge is 0.0221 e. The van der Waals surface area contributed by atoms with Crippen LogP contribution in [0.1, 0.15) is 52.4 Å². The standard InChI is InChI=1S/C13H26N2/c1-13(2)7-3-5-11(9-13)15-8-4-6-12(15)10-14/h11-12H,3-10,14H2,1-2H3. The number of likely N-dealkylation sites (tertiary alicyclic amines) is 1. The molecule has 2 unspecified atom stereocenters. The molecule has 0 radical (unpaired) electrons. The zero-order valence-corrected chi connectivity index (χ0v) is 10.3. The third kappa shape index (κ3) is 2.54. The maximum absolute atomic E-state index is 5.86. The predicted octanol–water partition coefficient (Wildman–Crippen LogP) is 2.38. The normalized spacial score (nSPS) is 37.0. The van der Waals surface area contributed by atoms with E-state index in [0.29, 0.717) is 11.5 Å². The summed E-state index contributed by atoms with van der Waals surface area (Å²) in [6, 6.07) is 1.51. The van der Waals surface area contributed by atoms with Gasteiger partial charge in [-0.2, -0.15) is 0 Å². The van der Waals surface area contributed by atoms with Crippen molar-refractivity contribution in [3.05, 3.63) is 0 Å². The van der Waals surface area contributed by atoms with Gasteiger partial charge in [-0.1, -0.05) is 20.3 Å². The minimum absolute atomic E-state index is 0.560. The van der Waals surface area contributed by atoms with E-state index >= 15 is 0 Å². The Morgan fingerprint density at radius 1 is 1.27 bits per heavy atom. The molecule has 88 valence electrons. The van der Waals surface area contributed by atoms with Gasteiger partial charge in [-0.3, -0.25) is 4.90 Å². The van der Waals surface area contributed by atoms with Crippen LogP contribution >= 0.6 is 0 Å². The van der Waals surface area contributed by atoms with Crippen LogP contribution in [0.5, 0.6) is 0 Å². The Hall–Kier alpha value is -0.0800. The van der Waals surface area contributed by atoms with E-state index in [1.54, 1.807) is 0 Å². The number of hydrogen-bond acceptors (Lipinski definition) is 2. The van der Waals surface area contributed by atoms with Crippen LogP contribution in [0.4, 0.5) is 0 Å². The summed E-state index contributed by atoms with van der Waals surface area (Å²) in [7, 11) is 0. The molecule has 1 aliphatic heterocycles.